The van der Waals surface area contributed by atoms with Crippen molar-refractivity contribution in [3.8, 4) is 0 Å². The van der Waals surface area contributed by atoms with Gasteiger partial charge in [-0.15, -0.1) is 11.3 Å². The molecule has 3 aliphatic rings. The van der Waals surface area contributed by atoms with Crippen LogP contribution in [0.3, 0.4) is 0 Å². The molecular formula is C16H24N2S. The lowest BCUT2D eigenvalue weighted by molar-refractivity contribution is 0.456. The van der Waals surface area contributed by atoms with Gasteiger partial charge in [-0.2, -0.15) is 0 Å². The first kappa shape index (κ1) is 12.3. The van der Waals surface area contributed by atoms with Crippen LogP contribution in [0, 0.1) is 23.7 Å². The van der Waals surface area contributed by atoms with Crippen molar-refractivity contribution < 1.29 is 0 Å². The second-order valence-electron chi connectivity index (χ2n) is 7.77. The van der Waals surface area contributed by atoms with Crippen molar-refractivity contribution in [2.24, 2.45) is 23.7 Å². The summed E-state index contributed by atoms with van der Waals surface area (Å²) in [6, 6.07) is 0.827. The number of nitrogens with zero attached hydrogens (tertiary/aromatic N) is 1. The predicted octanol–water partition coefficient (Wildman–Crippen LogP) is 3.57. The van der Waals surface area contributed by atoms with Crippen LogP contribution in [0.5, 0.6) is 0 Å². The van der Waals surface area contributed by atoms with Gasteiger partial charge in [-0.1, -0.05) is 20.8 Å². The maximum atomic E-state index is 4.78. The second kappa shape index (κ2) is 4.05. The molecule has 1 heterocycles. The van der Waals surface area contributed by atoms with E-state index in [0.29, 0.717) is 0 Å². The van der Waals surface area contributed by atoms with E-state index in [4.69, 9.17) is 4.98 Å². The first-order chi connectivity index (χ1) is 9.04. The largest absolute Gasteiger partial charge is 0.307 e. The lowest BCUT2D eigenvalue weighted by Crippen LogP contribution is -2.22. The van der Waals surface area contributed by atoms with Crippen LogP contribution in [0.25, 0.3) is 0 Å². The van der Waals surface area contributed by atoms with Crippen molar-refractivity contribution in [2.75, 3.05) is 0 Å². The Morgan fingerprint density at radius 2 is 1.95 bits per heavy atom. The van der Waals surface area contributed by atoms with E-state index in [2.05, 4.69) is 31.5 Å². The molecule has 1 N–H and O–H groups in total. The minimum Gasteiger partial charge on any atom is -0.307 e. The van der Waals surface area contributed by atoms with E-state index >= 15 is 0 Å². The van der Waals surface area contributed by atoms with Crippen molar-refractivity contribution in [3.63, 3.8) is 0 Å². The molecule has 3 fully saturated rings. The van der Waals surface area contributed by atoms with Gasteiger partial charge in [-0.25, -0.2) is 4.98 Å². The minimum atomic E-state index is 0.184. The molecule has 0 aliphatic heterocycles. The second-order valence-corrected chi connectivity index (χ2v) is 8.71. The van der Waals surface area contributed by atoms with Crippen molar-refractivity contribution in [1.29, 1.82) is 0 Å². The van der Waals surface area contributed by atoms with Crippen LogP contribution in [0.4, 0.5) is 0 Å². The van der Waals surface area contributed by atoms with Crippen molar-refractivity contribution in [1.82, 2.24) is 10.3 Å². The molecule has 1 aromatic heterocycles. The molecule has 3 aliphatic carbocycles. The Bertz CT molecular complexity index is 471. The molecule has 2 bridgehead atoms. The predicted molar refractivity (Wildman–Crippen MR) is 79.3 cm³/mol. The minimum absolute atomic E-state index is 0.184. The summed E-state index contributed by atoms with van der Waals surface area (Å²) in [6.45, 7) is 7.70. The van der Waals surface area contributed by atoms with Gasteiger partial charge in [0, 0.05) is 23.4 Å². The highest BCUT2D eigenvalue weighted by atomic mass is 32.1. The molecular weight excluding hydrogens is 252 g/mol. The monoisotopic (exact) mass is 276 g/mol. The van der Waals surface area contributed by atoms with Crippen LogP contribution in [0.2, 0.25) is 0 Å². The summed E-state index contributed by atoms with van der Waals surface area (Å²) in [5.74, 6) is 4.18. The van der Waals surface area contributed by atoms with E-state index in [1.807, 2.05) is 11.3 Å². The van der Waals surface area contributed by atoms with Crippen molar-refractivity contribution in [2.45, 2.75) is 58.0 Å². The molecule has 104 valence electrons. The smallest absolute Gasteiger partial charge is 0.107 e. The molecule has 4 unspecified atom stereocenters. The van der Waals surface area contributed by atoms with Crippen LogP contribution in [0.15, 0.2) is 5.38 Å². The van der Waals surface area contributed by atoms with Crippen LogP contribution in [-0.4, -0.2) is 11.0 Å². The molecule has 3 heteroatoms. The van der Waals surface area contributed by atoms with E-state index < -0.39 is 0 Å². The average Bonchev–Trinajstić information content (AvgIpc) is 2.80. The SMILES string of the molecule is CC(C)(C)c1csc(CNC2C3C4CCC(C4)C23)n1. The summed E-state index contributed by atoms with van der Waals surface area (Å²) >= 11 is 1.82. The fourth-order valence-electron chi connectivity index (χ4n) is 4.54. The number of fused-ring (bicyclic) bond motifs is 5. The average molecular weight is 276 g/mol. The Morgan fingerprint density at radius 1 is 1.26 bits per heavy atom. The van der Waals surface area contributed by atoms with E-state index in [1.165, 1.54) is 23.5 Å². The van der Waals surface area contributed by atoms with Gasteiger partial charge in [0.2, 0.25) is 0 Å². The zero-order valence-electron chi connectivity index (χ0n) is 12.1. The van der Waals surface area contributed by atoms with Crippen LogP contribution >= 0.6 is 11.3 Å². The van der Waals surface area contributed by atoms with Crippen molar-refractivity contribution in [3.05, 3.63) is 16.1 Å². The standard InChI is InChI=1S/C16H24N2S/c1-16(2,3)11-8-19-12(18-11)7-17-15-13-9-4-5-10(6-9)14(13)15/h8-10,13-15,17H,4-7H2,1-3H3. The summed E-state index contributed by atoms with van der Waals surface area (Å²) in [7, 11) is 0. The first-order valence-electron chi connectivity index (χ1n) is 7.72. The molecule has 0 saturated heterocycles. The summed E-state index contributed by atoms with van der Waals surface area (Å²) < 4.78 is 0. The topological polar surface area (TPSA) is 24.9 Å². The molecule has 0 spiro atoms. The zero-order valence-corrected chi connectivity index (χ0v) is 13.0. The Balaban J connectivity index is 1.35. The molecule has 2 nitrogen and oxygen atoms in total. The van der Waals surface area contributed by atoms with E-state index in [9.17, 15) is 0 Å². The third-order valence-corrected chi connectivity index (χ3v) is 6.39. The quantitative estimate of drug-likeness (QED) is 0.913. The van der Waals surface area contributed by atoms with E-state index in [0.717, 1.165) is 36.3 Å². The van der Waals surface area contributed by atoms with Crippen LogP contribution in [0.1, 0.15) is 50.7 Å². The normalized spacial score (nSPS) is 39.6. The molecule has 1 aromatic rings. The first-order valence-corrected chi connectivity index (χ1v) is 8.60. The molecule has 19 heavy (non-hydrogen) atoms. The molecule has 0 radical (unpaired) electrons. The molecule has 4 atom stereocenters. The van der Waals surface area contributed by atoms with Gasteiger partial charge >= 0.3 is 0 Å². The maximum absolute atomic E-state index is 4.78. The Kier molecular flexibility index (Phi) is 2.63. The molecule has 0 amide bonds. The Labute approximate surface area is 120 Å². The number of rotatable bonds is 3. The van der Waals surface area contributed by atoms with Crippen molar-refractivity contribution >= 4 is 11.3 Å². The highest BCUT2D eigenvalue weighted by Gasteiger charge is 2.64. The number of nitrogens with one attached hydrogen (secondary N) is 1. The summed E-state index contributed by atoms with van der Waals surface area (Å²) in [4.78, 5) is 4.78. The van der Waals surface area contributed by atoms with Gasteiger partial charge in [-0.05, 0) is 42.9 Å². The summed E-state index contributed by atoms with van der Waals surface area (Å²) in [6.07, 6.45) is 4.56. The number of aromatic nitrogens is 1. The van der Waals surface area contributed by atoms with Gasteiger partial charge in [-0.3, -0.25) is 0 Å². The fraction of sp³-hybridized carbons (Fsp3) is 0.812. The van der Waals surface area contributed by atoms with Crippen LogP contribution < -0.4 is 5.32 Å². The van der Waals surface area contributed by atoms with Gasteiger partial charge in [0.1, 0.15) is 5.01 Å². The highest BCUT2D eigenvalue weighted by Crippen LogP contribution is 2.65. The van der Waals surface area contributed by atoms with Gasteiger partial charge in [0.05, 0.1) is 5.69 Å². The Morgan fingerprint density at radius 3 is 2.53 bits per heavy atom. The van der Waals surface area contributed by atoms with E-state index in [1.54, 1.807) is 6.42 Å². The lowest BCUT2D eigenvalue weighted by atomic mass is 9.93. The number of thiazole rings is 1. The van der Waals surface area contributed by atoms with Gasteiger partial charge in [0.25, 0.3) is 0 Å². The molecule has 3 saturated carbocycles. The summed E-state index contributed by atoms with van der Waals surface area (Å²) in [5.41, 5.74) is 1.43. The molecule has 4 rings (SSSR count). The van der Waals surface area contributed by atoms with Gasteiger partial charge < -0.3 is 5.32 Å². The van der Waals surface area contributed by atoms with Gasteiger partial charge in [0.15, 0.2) is 0 Å². The third kappa shape index (κ3) is 1.97. The number of hydrogen-bond acceptors (Lipinski definition) is 3. The zero-order chi connectivity index (χ0) is 13.2. The maximum Gasteiger partial charge on any atom is 0.107 e. The Hall–Kier alpha value is -0.410. The lowest BCUT2D eigenvalue weighted by Gasteiger charge is -2.14. The fourth-order valence-corrected chi connectivity index (χ4v) is 5.51. The van der Waals surface area contributed by atoms with E-state index in [-0.39, 0.29) is 5.41 Å². The van der Waals surface area contributed by atoms with Crippen LogP contribution in [-0.2, 0) is 12.0 Å². The number of hydrogen-bond donors (Lipinski definition) is 1. The third-order valence-electron chi connectivity index (χ3n) is 5.54. The molecule has 0 aromatic carbocycles. The summed E-state index contributed by atoms with van der Waals surface area (Å²) in [5, 5.41) is 7.28. The highest BCUT2D eigenvalue weighted by molar-refractivity contribution is 7.09.